The van der Waals surface area contributed by atoms with E-state index in [9.17, 15) is 19.5 Å². The number of rotatable bonds is 6. The lowest BCUT2D eigenvalue weighted by Gasteiger charge is -2.41. The summed E-state index contributed by atoms with van der Waals surface area (Å²) in [6.07, 6.45) is 2.88. The van der Waals surface area contributed by atoms with Gasteiger partial charge in [0.05, 0.1) is 24.5 Å². The summed E-state index contributed by atoms with van der Waals surface area (Å²) in [5.74, 6) is -0.781. The first-order valence-electron chi connectivity index (χ1n) is 10.6. The van der Waals surface area contributed by atoms with Crippen LogP contribution < -0.4 is 15.6 Å². The van der Waals surface area contributed by atoms with E-state index in [2.05, 4.69) is 17.2 Å². The molecular formula is C22H23N5O5S. The third-order valence-electron chi connectivity index (χ3n) is 6.16. The minimum Gasteiger partial charge on any atom is -0.477 e. The van der Waals surface area contributed by atoms with Crippen LogP contribution in [0.4, 0.5) is 5.82 Å². The van der Waals surface area contributed by atoms with Crippen LogP contribution >= 0.6 is 11.3 Å². The summed E-state index contributed by atoms with van der Waals surface area (Å²) in [7, 11) is 0. The van der Waals surface area contributed by atoms with Crippen LogP contribution in [0.15, 0.2) is 28.6 Å². The number of aromatic carboxylic acids is 1. The molecule has 1 amide bonds. The number of thiazole rings is 1. The van der Waals surface area contributed by atoms with Gasteiger partial charge in [-0.3, -0.25) is 14.2 Å². The number of carboxylic acid groups (broad SMARTS) is 1. The number of hydrogen-bond donors (Lipinski definition) is 2. The smallest absolute Gasteiger partial charge is 0.341 e. The zero-order valence-corrected chi connectivity index (χ0v) is 19.0. The molecule has 10 nitrogen and oxygen atoms in total. The number of ether oxygens (including phenoxy) is 1. The molecule has 0 bridgehead atoms. The van der Waals surface area contributed by atoms with Gasteiger partial charge in [0.25, 0.3) is 0 Å². The second kappa shape index (κ2) is 7.92. The molecule has 5 heterocycles. The molecule has 2 aliphatic heterocycles. The molecule has 0 aromatic carbocycles. The molecule has 0 atom stereocenters. The fourth-order valence-electron chi connectivity index (χ4n) is 4.10. The molecule has 0 unspecified atom stereocenters. The summed E-state index contributed by atoms with van der Waals surface area (Å²) in [5.41, 5.74) is 0.0856. The molecule has 3 aromatic heterocycles. The molecule has 0 saturated carbocycles. The Balaban J connectivity index is 1.43. The topological polar surface area (TPSA) is 127 Å². The number of carbonyl (C=O) groups excluding carboxylic acids is 1. The minimum atomic E-state index is -1.30. The van der Waals surface area contributed by atoms with Crippen molar-refractivity contribution < 1.29 is 19.4 Å². The maximum Gasteiger partial charge on any atom is 0.341 e. The van der Waals surface area contributed by atoms with Crippen molar-refractivity contribution in [3.8, 4) is 5.13 Å². The number of fused-ring (bicyclic) bond motifs is 1. The third-order valence-corrected chi connectivity index (χ3v) is 6.94. The predicted octanol–water partition coefficient (Wildman–Crippen LogP) is 1.44. The highest BCUT2D eigenvalue weighted by molar-refractivity contribution is 7.12. The largest absolute Gasteiger partial charge is 0.477 e. The first-order chi connectivity index (χ1) is 15.8. The van der Waals surface area contributed by atoms with E-state index in [0.29, 0.717) is 55.0 Å². The number of anilines is 1. The molecule has 33 heavy (non-hydrogen) atoms. The number of pyridine rings is 2. The Bertz CT molecular complexity index is 1310. The molecule has 2 aliphatic rings. The predicted molar refractivity (Wildman–Crippen MR) is 122 cm³/mol. The fourth-order valence-corrected chi connectivity index (χ4v) is 4.72. The summed E-state index contributed by atoms with van der Waals surface area (Å²) in [6, 6.07) is 1.77. The Labute approximate surface area is 192 Å². The van der Waals surface area contributed by atoms with Crippen molar-refractivity contribution in [3.05, 3.63) is 45.2 Å². The van der Waals surface area contributed by atoms with E-state index in [0.717, 1.165) is 0 Å². The van der Waals surface area contributed by atoms with Gasteiger partial charge < -0.3 is 20.1 Å². The Morgan fingerprint density at radius 3 is 2.73 bits per heavy atom. The van der Waals surface area contributed by atoms with Gasteiger partial charge in [0, 0.05) is 42.8 Å². The fraction of sp³-hybridized carbons (Fsp3) is 0.409. The lowest BCUT2D eigenvalue weighted by molar-refractivity contribution is -0.131. The average molecular weight is 470 g/mol. The van der Waals surface area contributed by atoms with Crippen LogP contribution in [0.5, 0.6) is 0 Å². The van der Waals surface area contributed by atoms with Crippen molar-refractivity contribution in [3.63, 3.8) is 0 Å². The van der Waals surface area contributed by atoms with E-state index in [-0.39, 0.29) is 28.2 Å². The number of carbonyl (C=O) groups is 2. The highest BCUT2D eigenvalue weighted by Gasteiger charge is 2.37. The minimum absolute atomic E-state index is 0.0164. The zero-order chi connectivity index (χ0) is 23.3. The maximum atomic E-state index is 12.9. The van der Waals surface area contributed by atoms with E-state index < -0.39 is 11.4 Å². The van der Waals surface area contributed by atoms with E-state index in [4.69, 9.17) is 9.72 Å². The van der Waals surface area contributed by atoms with Crippen molar-refractivity contribution in [2.45, 2.75) is 13.8 Å². The van der Waals surface area contributed by atoms with Crippen molar-refractivity contribution in [1.29, 1.82) is 0 Å². The number of hydrogen-bond acceptors (Lipinski definition) is 8. The molecule has 172 valence electrons. The van der Waals surface area contributed by atoms with Crippen LogP contribution in [0.2, 0.25) is 0 Å². The molecule has 2 N–H and O–H groups in total. The Morgan fingerprint density at radius 2 is 2.12 bits per heavy atom. The van der Waals surface area contributed by atoms with E-state index in [1.807, 2.05) is 4.90 Å². The molecule has 5 rings (SSSR count). The molecule has 3 aromatic rings. The standard InChI is InChI=1S/C22H23N5O5S/c1-12-5-15(26-6-13(7-26)19(29)24-9-22(2)10-32-11-22)25-18-16(12)17(28)14(20(30)31)8-27(18)21-23-3-4-33-21/h3-5,8,13H,6-7,9-11H2,1-2H3,(H,24,29)(H,30,31). The molecule has 2 fully saturated rings. The molecule has 0 spiro atoms. The normalized spacial score (nSPS) is 17.5. The summed E-state index contributed by atoms with van der Waals surface area (Å²) in [5, 5.41) is 15.1. The van der Waals surface area contributed by atoms with E-state index in [1.165, 1.54) is 17.5 Å². The quantitative estimate of drug-likeness (QED) is 0.555. The van der Waals surface area contributed by atoms with Gasteiger partial charge in [-0.15, -0.1) is 11.3 Å². The van der Waals surface area contributed by atoms with Gasteiger partial charge in [-0.1, -0.05) is 6.92 Å². The molecule has 0 radical (unpaired) electrons. The number of carboxylic acids is 1. The van der Waals surface area contributed by atoms with Crippen LogP contribution in [0.1, 0.15) is 22.8 Å². The van der Waals surface area contributed by atoms with Crippen molar-refractivity contribution >= 4 is 40.1 Å². The summed E-state index contributed by atoms with van der Waals surface area (Å²) in [4.78, 5) is 48.0. The molecular weight excluding hydrogens is 446 g/mol. The molecule has 11 heteroatoms. The number of amides is 1. The number of aromatic nitrogens is 3. The highest BCUT2D eigenvalue weighted by Crippen LogP contribution is 2.29. The lowest BCUT2D eigenvalue weighted by Crippen LogP contribution is -2.56. The van der Waals surface area contributed by atoms with Gasteiger partial charge >= 0.3 is 5.97 Å². The molecule has 0 aliphatic carbocycles. The SMILES string of the molecule is Cc1cc(N2CC(C(=O)NCC3(C)COC3)C2)nc2c1c(=O)c(C(=O)O)cn2-c1nccs1. The second-order valence-electron chi connectivity index (χ2n) is 8.98. The first kappa shape index (κ1) is 21.5. The number of nitrogens with zero attached hydrogens (tertiary/aromatic N) is 4. The van der Waals surface area contributed by atoms with Crippen molar-refractivity contribution in [1.82, 2.24) is 19.9 Å². The summed E-state index contributed by atoms with van der Waals surface area (Å²) >= 11 is 1.32. The van der Waals surface area contributed by atoms with Crippen LogP contribution in [0.3, 0.4) is 0 Å². The zero-order valence-electron chi connectivity index (χ0n) is 18.2. The van der Waals surface area contributed by atoms with Gasteiger partial charge in [-0.25, -0.2) is 14.8 Å². The van der Waals surface area contributed by atoms with Crippen molar-refractivity contribution in [2.75, 3.05) is 37.7 Å². The van der Waals surface area contributed by atoms with Gasteiger partial charge in [0.1, 0.15) is 11.4 Å². The Kier molecular flexibility index (Phi) is 5.17. The van der Waals surface area contributed by atoms with Crippen LogP contribution in [0.25, 0.3) is 16.2 Å². The Morgan fingerprint density at radius 1 is 1.36 bits per heavy atom. The van der Waals surface area contributed by atoms with Gasteiger partial charge in [-0.2, -0.15) is 0 Å². The summed E-state index contributed by atoms with van der Waals surface area (Å²) in [6.45, 7) is 6.81. The highest BCUT2D eigenvalue weighted by atomic mass is 32.1. The van der Waals surface area contributed by atoms with Crippen molar-refractivity contribution in [2.24, 2.45) is 11.3 Å². The van der Waals surface area contributed by atoms with Crippen LogP contribution in [-0.2, 0) is 9.53 Å². The van der Waals surface area contributed by atoms with Gasteiger partial charge in [0.15, 0.2) is 10.8 Å². The summed E-state index contributed by atoms with van der Waals surface area (Å²) < 4.78 is 6.78. The van der Waals surface area contributed by atoms with Crippen LogP contribution in [-0.4, -0.2) is 64.4 Å². The van der Waals surface area contributed by atoms with Gasteiger partial charge in [-0.05, 0) is 18.6 Å². The van der Waals surface area contributed by atoms with Gasteiger partial charge in [0.2, 0.25) is 11.3 Å². The first-order valence-corrected chi connectivity index (χ1v) is 11.4. The van der Waals surface area contributed by atoms with E-state index >= 15 is 0 Å². The number of nitrogens with one attached hydrogen (secondary N) is 1. The monoisotopic (exact) mass is 469 g/mol. The molecule has 2 saturated heterocycles. The van der Waals surface area contributed by atoms with E-state index in [1.54, 1.807) is 29.1 Å². The second-order valence-corrected chi connectivity index (χ2v) is 9.85. The lowest BCUT2D eigenvalue weighted by atomic mass is 9.88. The average Bonchev–Trinajstić information content (AvgIpc) is 3.24. The number of aryl methyl sites for hydroxylation is 1. The third kappa shape index (κ3) is 3.76. The maximum absolute atomic E-state index is 12.9. The van der Waals surface area contributed by atoms with Crippen LogP contribution in [0, 0.1) is 18.3 Å². The Hall–Kier alpha value is -3.31.